The summed E-state index contributed by atoms with van der Waals surface area (Å²) in [6, 6.07) is 5.89. The predicted octanol–water partition coefficient (Wildman–Crippen LogP) is 5.33. The van der Waals surface area contributed by atoms with E-state index >= 15 is 0 Å². The third-order valence-electron chi connectivity index (χ3n) is 6.78. The van der Waals surface area contributed by atoms with Gasteiger partial charge in [0.2, 0.25) is 5.91 Å². The molecule has 1 aromatic carbocycles. The number of carbonyl (C=O) groups excluding carboxylic acids is 2. The summed E-state index contributed by atoms with van der Waals surface area (Å²) in [5.74, 6) is 1.74. The fourth-order valence-electron chi connectivity index (χ4n) is 4.99. The van der Waals surface area contributed by atoms with Crippen LogP contribution < -0.4 is 9.47 Å². The number of hydrogen-bond donors (Lipinski definition) is 0. The molecule has 0 radical (unpaired) electrons. The Morgan fingerprint density at radius 3 is 2.47 bits per heavy atom. The molecule has 3 atom stereocenters. The van der Waals surface area contributed by atoms with Gasteiger partial charge in [-0.1, -0.05) is 37.8 Å². The van der Waals surface area contributed by atoms with Crippen molar-refractivity contribution in [3.63, 3.8) is 0 Å². The number of carbonyl (C=O) groups is 2. The Bertz CT molecular complexity index is 938. The molecule has 0 bridgehead atoms. The summed E-state index contributed by atoms with van der Waals surface area (Å²) >= 11 is 0. The maximum absolute atomic E-state index is 12.9. The van der Waals surface area contributed by atoms with E-state index in [1.165, 1.54) is 18.8 Å². The summed E-state index contributed by atoms with van der Waals surface area (Å²) in [5.41, 5.74) is 3.13. The molecule has 36 heavy (non-hydrogen) atoms. The zero-order chi connectivity index (χ0) is 26.7. The van der Waals surface area contributed by atoms with Gasteiger partial charge in [-0.2, -0.15) is 0 Å². The molecular weight excluding hydrogens is 458 g/mol. The summed E-state index contributed by atoms with van der Waals surface area (Å²) < 4.78 is 20.9. The van der Waals surface area contributed by atoms with Crippen molar-refractivity contribution in [2.75, 3.05) is 35.0 Å². The van der Waals surface area contributed by atoms with Gasteiger partial charge < -0.3 is 23.8 Å². The predicted molar refractivity (Wildman–Crippen MR) is 141 cm³/mol. The van der Waals surface area contributed by atoms with E-state index in [9.17, 15) is 9.59 Å². The fourth-order valence-corrected chi connectivity index (χ4v) is 4.99. The summed E-state index contributed by atoms with van der Waals surface area (Å²) in [7, 11) is 6.30. The topological polar surface area (TPSA) is 74.3 Å². The first-order valence-electron chi connectivity index (χ1n) is 12.7. The Morgan fingerprint density at radius 2 is 1.83 bits per heavy atom. The number of nitrogens with zero attached hydrogens (tertiary/aromatic N) is 1. The maximum atomic E-state index is 12.9. The van der Waals surface area contributed by atoms with Crippen LogP contribution in [0.15, 0.2) is 41.5 Å². The van der Waals surface area contributed by atoms with Crippen LogP contribution in [-0.4, -0.2) is 57.9 Å². The molecule has 2 rings (SSSR count). The van der Waals surface area contributed by atoms with Gasteiger partial charge in [0.1, 0.15) is 11.5 Å². The smallest absolute Gasteiger partial charge is 0.330 e. The van der Waals surface area contributed by atoms with Crippen molar-refractivity contribution in [1.29, 1.82) is 0 Å². The van der Waals surface area contributed by atoms with Crippen LogP contribution in [0.4, 0.5) is 0 Å². The zero-order valence-corrected chi connectivity index (χ0v) is 23.0. The minimum absolute atomic E-state index is 0.0774. The highest BCUT2D eigenvalue weighted by molar-refractivity contribution is 5.86. The van der Waals surface area contributed by atoms with E-state index < -0.39 is 0 Å². The average Bonchev–Trinajstić information content (AvgIpc) is 2.86. The lowest BCUT2D eigenvalue weighted by molar-refractivity contribution is -0.162. The number of benzene rings is 1. The van der Waals surface area contributed by atoms with Gasteiger partial charge in [0.05, 0.1) is 33.9 Å². The van der Waals surface area contributed by atoms with E-state index in [1.807, 2.05) is 36.1 Å². The van der Waals surface area contributed by atoms with Crippen LogP contribution in [0.25, 0.3) is 0 Å². The van der Waals surface area contributed by atoms with Crippen LogP contribution in [0, 0.1) is 11.8 Å². The molecule has 1 aromatic rings. The molecular formula is C29H43NO6. The minimum Gasteiger partial charge on any atom is -0.497 e. The number of ether oxygens (including phenoxy) is 4. The number of likely N-dealkylation sites (tertiary alicyclic amines) is 1. The standard InChI is InChI=1S/C29H43NO6/c1-20(14-21(2)15-22(3)16-28(31)36-7)10-8-9-11-26-25(19-33-4)29(32)30(26)18-23-12-13-24(34-5)17-27(23)35-6/h12-13,15-17,20,25-26H,8-11,14,18-19H2,1-7H3/b21-15+,22-16+/t20-,25+,26-/m1/s1. The summed E-state index contributed by atoms with van der Waals surface area (Å²) in [4.78, 5) is 26.2. The third-order valence-corrected chi connectivity index (χ3v) is 6.78. The van der Waals surface area contributed by atoms with Gasteiger partial charge in [-0.3, -0.25) is 4.79 Å². The van der Waals surface area contributed by atoms with Crippen molar-refractivity contribution >= 4 is 11.9 Å². The molecule has 7 nitrogen and oxygen atoms in total. The molecule has 1 aliphatic heterocycles. The molecule has 1 amide bonds. The van der Waals surface area contributed by atoms with Crippen molar-refractivity contribution in [2.24, 2.45) is 11.8 Å². The summed E-state index contributed by atoms with van der Waals surface area (Å²) in [6.45, 7) is 7.26. The van der Waals surface area contributed by atoms with Crippen molar-refractivity contribution in [2.45, 2.75) is 65.5 Å². The van der Waals surface area contributed by atoms with Crippen molar-refractivity contribution in [3.05, 3.63) is 47.1 Å². The van der Waals surface area contributed by atoms with E-state index in [2.05, 4.69) is 18.6 Å². The molecule has 1 heterocycles. The highest BCUT2D eigenvalue weighted by Gasteiger charge is 2.46. The number of methoxy groups -OCH3 is 4. The second-order valence-electron chi connectivity index (χ2n) is 9.77. The second-order valence-corrected chi connectivity index (χ2v) is 9.77. The molecule has 0 N–H and O–H groups in total. The molecule has 1 aliphatic rings. The molecule has 0 saturated carbocycles. The lowest BCUT2D eigenvalue weighted by Crippen LogP contribution is -2.61. The van der Waals surface area contributed by atoms with Gasteiger partial charge >= 0.3 is 5.97 Å². The first kappa shape index (κ1) is 29.4. The van der Waals surface area contributed by atoms with E-state index in [-0.39, 0.29) is 23.8 Å². The van der Waals surface area contributed by atoms with Crippen LogP contribution in [-0.2, 0) is 25.6 Å². The number of amides is 1. The van der Waals surface area contributed by atoms with Gasteiger partial charge in [0, 0.05) is 37.4 Å². The summed E-state index contributed by atoms with van der Waals surface area (Å²) in [5, 5.41) is 0. The number of unbranched alkanes of at least 4 members (excludes halogenated alkanes) is 1. The van der Waals surface area contributed by atoms with Gasteiger partial charge in [-0.15, -0.1) is 0 Å². The third kappa shape index (κ3) is 8.40. The Morgan fingerprint density at radius 1 is 1.08 bits per heavy atom. The average molecular weight is 502 g/mol. The van der Waals surface area contributed by atoms with Crippen LogP contribution in [0.3, 0.4) is 0 Å². The molecule has 0 aliphatic carbocycles. The highest BCUT2D eigenvalue weighted by atomic mass is 16.5. The Balaban J connectivity index is 1.89. The molecule has 0 spiro atoms. The number of hydrogen-bond acceptors (Lipinski definition) is 6. The zero-order valence-electron chi connectivity index (χ0n) is 23.0. The molecule has 1 saturated heterocycles. The lowest BCUT2D eigenvalue weighted by atomic mass is 9.83. The first-order chi connectivity index (χ1) is 17.2. The largest absolute Gasteiger partial charge is 0.497 e. The number of esters is 1. The number of rotatable bonds is 15. The van der Waals surface area contributed by atoms with E-state index in [1.54, 1.807) is 21.3 Å². The normalized spacial score (nSPS) is 19.1. The van der Waals surface area contributed by atoms with Gasteiger partial charge in [-0.05, 0) is 50.3 Å². The maximum Gasteiger partial charge on any atom is 0.330 e. The van der Waals surface area contributed by atoms with E-state index in [0.29, 0.717) is 19.1 Å². The molecule has 0 unspecified atom stereocenters. The monoisotopic (exact) mass is 501 g/mol. The van der Waals surface area contributed by atoms with Crippen LogP contribution in [0.5, 0.6) is 11.5 Å². The summed E-state index contributed by atoms with van der Waals surface area (Å²) in [6.07, 6.45) is 8.79. The Hall–Kier alpha value is -2.80. The molecule has 0 aromatic heterocycles. The highest BCUT2D eigenvalue weighted by Crippen LogP contribution is 2.35. The molecule has 1 fully saturated rings. The lowest BCUT2D eigenvalue weighted by Gasteiger charge is -2.47. The van der Waals surface area contributed by atoms with Crippen LogP contribution in [0.1, 0.15) is 58.4 Å². The van der Waals surface area contributed by atoms with Crippen molar-refractivity contribution < 1.29 is 28.5 Å². The van der Waals surface area contributed by atoms with E-state index in [4.69, 9.17) is 14.2 Å². The van der Waals surface area contributed by atoms with Crippen molar-refractivity contribution in [1.82, 2.24) is 4.90 Å². The van der Waals surface area contributed by atoms with Crippen LogP contribution in [0.2, 0.25) is 0 Å². The first-order valence-corrected chi connectivity index (χ1v) is 12.7. The number of allylic oxidation sites excluding steroid dienone is 3. The molecule has 200 valence electrons. The SMILES string of the molecule is COC[C@@H]1C(=O)N(Cc2ccc(OC)cc2OC)[C@@H]1CCCC[C@@H](C)C/C(C)=C/C(C)=C/C(=O)OC. The van der Waals surface area contributed by atoms with Gasteiger partial charge in [0.15, 0.2) is 0 Å². The molecule has 7 heteroatoms. The Labute approximate surface area is 216 Å². The van der Waals surface area contributed by atoms with Crippen LogP contribution >= 0.6 is 0 Å². The van der Waals surface area contributed by atoms with Gasteiger partial charge in [0.25, 0.3) is 0 Å². The number of β-lactam (4-membered cyclic amide) rings is 1. The van der Waals surface area contributed by atoms with Crippen molar-refractivity contribution in [3.8, 4) is 11.5 Å². The Kier molecular flexibility index (Phi) is 12.0. The van der Waals surface area contributed by atoms with E-state index in [0.717, 1.165) is 54.7 Å². The second kappa shape index (κ2) is 14.7. The minimum atomic E-state index is -0.328. The quantitative estimate of drug-likeness (QED) is 0.106. The van der Waals surface area contributed by atoms with Gasteiger partial charge in [-0.25, -0.2) is 4.79 Å². The fraction of sp³-hybridized carbons (Fsp3) is 0.586.